The van der Waals surface area contributed by atoms with Crippen LogP contribution in [0.4, 0.5) is 0 Å². The van der Waals surface area contributed by atoms with E-state index in [0.717, 1.165) is 11.3 Å². The number of nitrogens with zero attached hydrogens (tertiary/aromatic N) is 3. The first kappa shape index (κ1) is 25.5. The van der Waals surface area contributed by atoms with Gasteiger partial charge in [-0.15, -0.1) is 23.2 Å². The third-order valence-electron chi connectivity index (χ3n) is 5.13. The minimum absolute atomic E-state index is 0.209. The van der Waals surface area contributed by atoms with Gasteiger partial charge >= 0.3 is 18.6 Å². The molecular weight excluding hydrogens is 446 g/mol. The molecule has 0 aromatic heterocycles. The van der Waals surface area contributed by atoms with Crippen LogP contribution in [-0.4, -0.2) is 56.0 Å². The molecular formula is C20H33Cl2N4O3P+2. The van der Waals surface area contributed by atoms with E-state index in [-0.39, 0.29) is 16.8 Å². The highest BCUT2D eigenvalue weighted by Crippen LogP contribution is 2.59. The fourth-order valence-electron chi connectivity index (χ4n) is 3.79. The average molecular weight is 479 g/mol. The van der Waals surface area contributed by atoms with Crippen molar-refractivity contribution in [2.24, 2.45) is 4.88 Å². The Balaban J connectivity index is 2.45. The number of rotatable bonds is 8. The maximum atomic E-state index is 12.7. The molecule has 0 aliphatic carbocycles. The van der Waals surface area contributed by atoms with Crippen molar-refractivity contribution in [3.05, 3.63) is 35.0 Å². The summed E-state index contributed by atoms with van der Waals surface area (Å²) in [5, 5.41) is 12.9. The Morgan fingerprint density at radius 3 is 2.10 bits per heavy atom. The number of hydrogen-bond donors (Lipinski definition) is 2. The summed E-state index contributed by atoms with van der Waals surface area (Å²) in [6.45, 7) is 10.4. The number of nitrogens with one attached hydrogen (secondary N) is 1. The third kappa shape index (κ3) is 6.38. The van der Waals surface area contributed by atoms with Crippen LogP contribution in [0.3, 0.4) is 0 Å². The highest BCUT2D eigenvalue weighted by Gasteiger charge is 2.56. The first-order valence-electron chi connectivity index (χ1n) is 10.0. The highest BCUT2D eigenvalue weighted by molar-refractivity contribution is 7.61. The Kier molecular flexibility index (Phi) is 8.71. The Labute approximate surface area is 189 Å². The SMILES string of the molecule is Cc1ccc(O[P+](O)(N=[N+]=C2CC(C)(C)[NH+]([O-])C(C)(C)C2)N(CCCl)CCCl)cc1. The van der Waals surface area contributed by atoms with E-state index in [4.69, 9.17) is 27.7 Å². The van der Waals surface area contributed by atoms with Crippen molar-refractivity contribution in [3.63, 3.8) is 0 Å². The molecule has 1 heterocycles. The topological polar surface area (TPSA) is 86.7 Å². The van der Waals surface area contributed by atoms with Crippen molar-refractivity contribution in [1.82, 2.24) is 4.67 Å². The van der Waals surface area contributed by atoms with Gasteiger partial charge in [0.2, 0.25) is 0 Å². The van der Waals surface area contributed by atoms with E-state index in [1.54, 1.807) is 16.8 Å². The van der Waals surface area contributed by atoms with Crippen molar-refractivity contribution in [1.29, 1.82) is 0 Å². The Bertz CT molecular complexity index is 759. The van der Waals surface area contributed by atoms with E-state index in [1.165, 1.54) is 0 Å². The Morgan fingerprint density at radius 1 is 1.13 bits per heavy atom. The fourth-order valence-corrected chi connectivity index (χ4v) is 6.07. The molecule has 1 aromatic rings. The molecule has 7 nitrogen and oxygen atoms in total. The molecule has 1 atom stereocenters. The molecule has 0 spiro atoms. The van der Waals surface area contributed by atoms with Gasteiger partial charge in [0.25, 0.3) is 0 Å². The molecule has 0 amide bonds. The summed E-state index contributed by atoms with van der Waals surface area (Å²) >= 11 is 11.9. The summed E-state index contributed by atoms with van der Waals surface area (Å²) in [5.74, 6) is 1.07. The van der Waals surface area contributed by atoms with E-state index in [0.29, 0.717) is 31.7 Å². The lowest BCUT2D eigenvalue weighted by atomic mass is 9.81. The second kappa shape index (κ2) is 10.2. The number of alkyl halides is 2. The predicted octanol–water partition coefficient (Wildman–Crippen LogP) is 3.66. The number of hydroxylamine groups is 2. The van der Waals surface area contributed by atoms with Gasteiger partial charge < -0.3 is 10.3 Å². The maximum Gasteiger partial charge on any atom is 0.611 e. The fraction of sp³-hybridized carbons (Fsp3) is 0.650. The summed E-state index contributed by atoms with van der Waals surface area (Å²) in [6.07, 6.45) is 0.989. The summed E-state index contributed by atoms with van der Waals surface area (Å²) in [5.41, 5.74) is 0.788. The van der Waals surface area contributed by atoms with Gasteiger partial charge in [0.1, 0.15) is 23.9 Å². The summed E-state index contributed by atoms with van der Waals surface area (Å²) < 4.78 is 7.63. The number of piperidine rings is 1. The Morgan fingerprint density at radius 2 is 1.63 bits per heavy atom. The smallest absolute Gasteiger partial charge is 0.611 e. The average Bonchev–Trinajstić information content (AvgIpc) is 2.66. The molecule has 10 heteroatoms. The van der Waals surface area contributed by atoms with Crippen LogP contribution in [0.5, 0.6) is 5.75 Å². The van der Waals surface area contributed by atoms with Crippen molar-refractivity contribution in [3.8, 4) is 5.75 Å². The van der Waals surface area contributed by atoms with Gasteiger partial charge in [-0.1, -0.05) is 22.4 Å². The Hall–Kier alpha value is -0.750. The second-order valence-corrected chi connectivity index (χ2v) is 11.7. The van der Waals surface area contributed by atoms with E-state index in [9.17, 15) is 10.1 Å². The number of hydrogen-bond acceptors (Lipinski definition) is 5. The molecule has 1 unspecified atom stereocenters. The van der Waals surface area contributed by atoms with Crippen LogP contribution in [0.1, 0.15) is 46.1 Å². The van der Waals surface area contributed by atoms with Gasteiger partial charge in [0, 0.05) is 11.8 Å². The van der Waals surface area contributed by atoms with Crippen molar-refractivity contribution in [2.75, 3.05) is 24.8 Å². The molecule has 0 radical (unpaired) electrons. The number of halogens is 2. The first-order chi connectivity index (χ1) is 13.9. The van der Waals surface area contributed by atoms with Crippen LogP contribution in [-0.2, 0) is 0 Å². The van der Waals surface area contributed by atoms with Crippen molar-refractivity contribution in [2.45, 2.75) is 58.5 Å². The van der Waals surface area contributed by atoms with Gasteiger partial charge in [-0.05, 0) is 46.8 Å². The minimum atomic E-state index is -3.50. The monoisotopic (exact) mass is 478 g/mol. The molecule has 0 bridgehead atoms. The lowest BCUT2D eigenvalue weighted by molar-refractivity contribution is -0.950. The molecule has 168 valence electrons. The number of aryl methyl sites for hydroxylation is 1. The zero-order valence-electron chi connectivity index (χ0n) is 18.4. The van der Waals surface area contributed by atoms with Gasteiger partial charge in [-0.25, -0.2) is 0 Å². The largest absolute Gasteiger partial charge is 0.634 e. The van der Waals surface area contributed by atoms with Crippen molar-refractivity contribution < 1.29 is 19.3 Å². The van der Waals surface area contributed by atoms with E-state index < -0.39 is 19.1 Å². The van der Waals surface area contributed by atoms with Crippen LogP contribution in [0.25, 0.3) is 0 Å². The number of benzene rings is 1. The molecule has 1 aromatic carbocycles. The van der Waals surface area contributed by atoms with E-state index in [1.807, 2.05) is 46.8 Å². The first-order valence-corrected chi connectivity index (χ1v) is 12.7. The summed E-state index contributed by atoms with van der Waals surface area (Å²) in [7, 11) is -3.50. The molecule has 1 saturated heterocycles. The van der Waals surface area contributed by atoms with E-state index >= 15 is 0 Å². The molecule has 1 aliphatic heterocycles. The number of quaternary nitrogens is 1. The van der Waals surface area contributed by atoms with Crippen LogP contribution in [0, 0.1) is 12.1 Å². The minimum Gasteiger partial charge on any atom is -0.634 e. The predicted molar refractivity (Wildman–Crippen MR) is 123 cm³/mol. The molecule has 1 aliphatic rings. The third-order valence-corrected chi connectivity index (χ3v) is 7.38. The summed E-state index contributed by atoms with van der Waals surface area (Å²) in [4.78, 5) is 20.2. The molecule has 30 heavy (non-hydrogen) atoms. The van der Waals surface area contributed by atoms with E-state index in [2.05, 4.69) is 9.67 Å². The molecule has 1 fully saturated rings. The quantitative estimate of drug-likeness (QED) is 0.196. The summed E-state index contributed by atoms with van der Waals surface area (Å²) in [6, 6.07) is 7.37. The molecule has 2 rings (SSSR count). The van der Waals surface area contributed by atoms with Gasteiger partial charge in [-0.2, -0.15) is 4.89 Å². The van der Waals surface area contributed by atoms with Gasteiger partial charge in [-0.3, -0.25) is 4.52 Å². The maximum absolute atomic E-state index is 12.7. The van der Waals surface area contributed by atoms with Crippen LogP contribution >= 0.6 is 31.2 Å². The zero-order valence-corrected chi connectivity index (χ0v) is 20.8. The van der Waals surface area contributed by atoms with Gasteiger partial charge in [0.15, 0.2) is 5.75 Å². The van der Waals surface area contributed by atoms with Crippen LogP contribution in [0.2, 0.25) is 0 Å². The standard InChI is InChI=1S/C20H33Cl2N4O3P/c1-16-6-8-18(9-7-16)29-30(28,25(12-10-21)13-11-22)24-23-17-14-19(2,3)26(27)20(4,5)15-17/h6-9,26,28H,10-15H2,1-5H3/q+2. The highest BCUT2D eigenvalue weighted by atomic mass is 35.5. The molecule has 2 N–H and O–H groups in total. The van der Waals surface area contributed by atoms with Crippen molar-refractivity contribution >= 4 is 36.9 Å². The normalized spacial score (nSPS) is 22.3. The lowest BCUT2D eigenvalue weighted by Crippen LogP contribution is -3.23. The zero-order chi connectivity index (χ0) is 22.6. The van der Waals surface area contributed by atoms with Gasteiger partial charge in [0.05, 0.1) is 17.9 Å². The lowest BCUT2D eigenvalue weighted by Gasteiger charge is -2.50. The van der Waals surface area contributed by atoms with Crippen LogP contribution in [0.15, 0.2) is 29.2 Å². The second-order valence-electron chi connectivity index (χ2n) is 8.96. The molecule has 0 saturated carbocycles. The van der Waals surface area contributed by atoms with Crippen LogP contribution < -0.4 is 9.59 Å².